The highest BCUT2D eigenvalue weighted by molar-refractivity contribution is 5.83. The third kappa shape index (κ3) is 3.47. The van der Waals surface area contributed by atoms with Crippen molar-refractivity contribution in [3.8, 4) is 11.5 Å². The Balaban J connectivity index is 1.49. The Morgan fingerprint density at radius 1 is 1.07 bits per heavy atom. The molecule has 0 amide bonds. The first-order valence-corrected chi connectivity index (χ1v) is 8.98. The van der Waals surface area contributed by atoms with E-state index in [4.69, 9.17) is 9.15 Å². The molecule has 138 valence electrons. The Kier molecular flexibility index (Phi) is 4.71. The highest BCUT2D eigenvalue weighted by atomic mass is 19.1. The van der Waals surface area contributed by atoms with Gasteiger partial charge in [0.15, 0.2) is 6.61 Å². The van der Waals surface area contributed by atoms with Gasteiger partial charge < -0.3 is 9.15 Å². The van der Waals surface area contributed by atoms with Crippen molar-refractivity contribution >= 4 is 5.97 Å². The molecule has 0 aliphatic heterocycles. The minimum atomic E-state index is -0.801. The van der Waals surface area contributed by atoms with Crippen LogP contribution < -0.4 is 0 Å². The largest absolute Gasteiger partial charge is 0.455 e. The van der Waals surface area contributed by atoms with Crippen LogP contribution in [0.15, 0.2) is 59.0 Å². The van der Waals surface area contributed by atoms with Gasteiger partial charge in [-0.1, -0.05) is 43.2 Å². The van der Waals surface area contributed by atoms with Gasteiger partial charge in [0.25, 0.3) is 5.89 Å². The monoisotopic (exact) mass is 366 g/mol. The first kappa shape index (κ1) is 17.4. The van der Waals surface area contributed by atoms with E-state index in [0.29, 0.717) is 24.3 Å². The molecule has 0 unspecified atom stereocenters. The SMILES string of the molecule is O=C(OCc1nnc(-c2ccccc2)o1)C1(c2cccc(F)c2)CCCC1. The van der Waals surface area contributed by atoms with Crippen LogP contribution in [-0.2, 0) is 21.6 Å². The van der Waals surface area contributed by atoms with Crippen molar-refractivity contribution in [2.45, 2.75) is 37.7 Å². The fraction of sp³-hybridized carbons (Fsp3) is 0.286. The Hall–Kier alpha value is -3.02. The molecule has 1 aliphatic rings. The van der Waals surface area contributed by atoms with E-state index in [-0.39, 0.29) is 24.3 Å². The number of hydrogen-bond donors (Lipinski definition) is 0. The molecular formula is C21H19FN2O3. The predicted octanol–water partition coefficient (Wildman–Crippen LogP) is 4.43. The van der Waals surface area contributed by atoms with Crippen LogP contribution in [0.25, 0.3) is 11.5 Å². The molecule has 0 bridgehead atoms. The van der Waals surface area contributed by atoms with Crippen molar-refractivity contribution < 1.29 is 18.3 Å². The molecule has 4 rings (SSSR count). The predicted molar refractivity (Wildman–Crippen MR) is 96.1 cm³/mol. The quantitative estimate of drug-likeness (QED) is 0.625. The first-order chi connectivity index (χ1) is 13.2. The molecule has 1 fully saturated rings. The number of esters is 1. The highest BCUT2D eigenvalue weighted by Crippen LogP contribution is 2.42. The summed E-state index contributed by atoms with van der Waals surface area (Å²) in [6, 6.07) is 15.6. The number of hydrogen-bond acceptors (Lipinski definition) is 5. The van der Waals surface area contributed by atoms with E-state index < -0.39 is 5.41 Å². The lowest BCUT2D eigenvalue weighted by Gasteiger charge is -2.26. The van der Waals surface area contributed by atoms with Crippen molar-refractivity contribution in [2.24, 2.45) is 0 Å². The zero-order valence-corrected chi connectivity index (χ0v) is 14.7. The van der Waals surface area contributed by atoms with Gasteiger partial charge >= 0.3 is 5.97 Å². The standard InChI is InChI=1S/C21H19FN2O3/c22-17-10-6-9-16(13-17)21(11-4-5-12-21)20(25)26-14-18-23-24-19(27-18)15-7-2-1-3-8-15/h1-3,6-10,13H,4-5,11-12,14H2. The maximum Gasteiger partial charge on any atom is 0.317 e. The fourth-order valence-electron chi connectivity index (χ4n) is 3.65. The van der Waals surface area contributed by atoms with E-state index in [1.165, 1.54) is 12.1 Å². The summed E-state index contributed by atoms with van der Waals surface area (Å²) < 4.78 is 24.8. The van der Waals surface area contributed by atoms with E-state index in [9.17, 15) is 9.18 Å². The lowest BCUT2D eigenvalue weighted by molar-refractivity contribution is -0.152. The second-order valence-corrected chi connectivity index (χ2v) is 6.74. The minimum Gasteiger partial charge on any atom is -0.455 e. The van der Waals surface area contributed by atoms with Gasteiger partial charge in [-0.25, -0.2) is 4.39 Å². The third-order valence-corrected chi connectivity index (χ3v) is 5.04. The van der Waals surface area contributed by atoms with Crippen LogP contribution in [0.3, 0.4) is 0 Å². The lowest BCUT2D eigenvalue weighted by atomic mass is 9.79. The maximum absolute atomic E-state index is 13.7. The molecule has 0 radical (unpaired) electrons. The van der Waals surface area contributed by atoms with Crippen molar-refractivity contribution in [1.82, 2.24) is 10.2 Å². The molecule has 5 nitrogen and oxygen atoms in total. The zero-order chi connectivity index (χ0) is 18.7. The van der Waals surface area contributed by atoms with Gasteiger partial charge in [-0.05, 0) is 42.7 Å². The van der Waals surface area contributed by atoms with E-state index in [1.54, 1.807) is 12.1 Å². The molecule has 1 aliphatic carbocycles. The topological polar surface area (TPSA) is 65.2 Å². The Labute approximate surface area is 156 Å². The molecule has 2 aromatic carbocycles. The number of carbonyl (C=O) groups is 1. The summed E-state index contributed by atoms with van der Waals surface area (Å²) in [5.41, 5.74) is 0.666. The van der Waals surface area contributed by atoms with Crippen LogP contribution in [0.4, 0.5) is 4.39 Å². The molecule has 0 N–H and O–H groups in total. The number of benzene rings is 2. The summed E-state index contributed by atoms with van der Waals surface area (Å²) >= 11 is 0. The molecule has 1 saturated carbocycles. The molecule has 0 saturated heterocycles. The van der Waals surface area contributed by atoms with Crippen LogP contribution in [0.1, 0.15) is 37.1 Å². The first-order valence-electron chi connectivity index (χ1n) is 8.98. The van der Waals surface area contributed by atoms with E-state index in [2.05, 4.69) is 10.2 Å². The van der Waals surface area contributed by atoms with Gasteiger partial charge in [-0.3, -0.25) is 4.79 Å². The Bertz CT molecular complexity index is 933. The average molecular weight is 366 g/mol. The number of ether oxygens (including phenoxy) is 1. The van der Waals surface area contributed by atoms with Crippen molar-refractivity contribution in [1.29, 1.82) is 0 Å². The molecule has 27 heavy (non-hydrogen) atoms. The van der Waals surface area contributed by atoms with Gasteiger partial charge in [0.05, 0.1) is 5.41 Å². The van der Waals surface area contributed by atoms with Crippen molar-refractivity contribution in [2.75, 3.05) is 0 Å². The van der Waals surface area contributed by atoms with Crippen LogP contribution in [0.5, 0.6) is 0 Å². The van der Waals surface area contributed by atoms with E-state index in [0.717, 1.165) is 18.4 Å². The third-order valence-electron chi connectivity index (χ3n) is 5.04. The van der Waals surface area contributed by atoms with Gasteiger partial charge in [0.2, 0.25) is 5.89 Å². The summed E-state index contributed by atoms with van der Waals surface area (Å²) in [4.78, 5) is 12.9. The molecule has 0 atom stereocenters. The zero-order valence-electron chi connectivity index (χ0n) is 14.7. The summed E-state index contributed by atoms with van der Waals surface area (Å²) in [7, 11) is 0. The fourth-order valence-corrected chi connectivity index (χ4v) is 3.65. The van der Waals surface area contributed by atoms with E-state index >= 15 is 0 Å². The van der Waals surface area contributed by atoms with Crippen LogP contribution >= 0.6 is 0 Å². The van der Waals surface area contributed by atoms with Crippen LogP contribution in [0, 0.1) is 5.82 Å². The number of carbonyl (C=O) groups excluding carboxylic acids is 1. The lowest BCUT2D eigenvalue weighted by Crippen LogP contribution is -2.34. The van der Waals surface area contributed by atoms with Crippen LogP contribution in [0.2, 0.25) is 0 Å². The summed E-state index contributed by atoms with van der Waals surface area (Å²) in [5.74, 6) is -0.113. The smallest absolute Gasteiger partial charge is 0.317 e. The molecular weight excluding hydrogens is 347 g/mol. The maximum atomic E-state index is 13.7. The number of nitrogens with zero attached hydrogens (tertiary/aromatic N) is 2. The minimum absolute atomic E-state index is 0.101. The van der Waals surface area contributed by atoms with Crippen LogP contribution in [-0.4, -0.2) is 16.2 Å². The number of halogens is 1. The molecule has 1 heterocycles. The number of rotatable bonds is 5. The normalized spacial score (nSPS) is 15.6. The van der Waals surface area contributed by atoms with Gasteiger partial charge in [-0.15, -0.1) is 10.2 Å². The molecule has 6 heteroatoms. The Morgan fingerprint density at radius 2 is 1.85 bits per heavy atom. The average Bonchev–Trinajstić information content (AvgIpc) is 3.37. The molecule has 1 aromatic heterocycles. The number of aromatic nitrogens is 2. The summed E-state index contributed by atoms with van der Waals surface area (Å²) in [6.07, 6.45) is 3.11. The second kappa shape index (κ2) is 7.31. The summed E-state index contributed by atoms with van der Waals surface area (Å²) in [5, 5.41) is 7.94. The highest BCUT2D eigenvalue weighted by Gasteiger charge is 2.44. The van der Waals surface area contributed by atoms with Crippen molar-refractivity contribution in [3.05, 3.63) is 71.9 Å². The Morgan fingerprint density at radius 3 is 2.59 bits per heavy atom. The second-order valence-electron chi connectivity index (χ2n) is 6.74. The van der Waals surface area contributed by atoms with Crippen molar-refractivity contribution in [3.63, 3.8) is 0 Å². The van der Waals surface area contributed by atoms with E-state index in [1.807, 2.05) is 30.3 Å². The molecule has 0 spiro atoms. The van der Waals surface area contributed by atoms with Gasteiger partial charge in [0.1, 0.15) is 5.82 Å². The summed E-state index contributed by atoms with van der Waals surface area (Å²) in [6.45, 7) is -0.101. The van der Waals surface area contributed by atoms with Gasteiger partial charge in [-0.2, -0.15) is 0 Å². The molecule has 3 aromatic rings. The van der Waals surface area contributed by atoms with Gasteiger partial charge in [0, 0.05) is 5.56 Å².